The molecule has 0 saturated carbocycles. The normalized spacial score (nSPS) is 22.8. The lowest BCUT2D eigenvalue weighted by Gasteiger charge is -2.25. The standard InChI is InChI=1S/C13H15FN2O3/c1-2-13(9-3-5-10(14)6-4-9)11(18)16(7-8-17)12(19)15-13/h3-6,17H,2,7-8H2,1H3,(H,15,19)/t13-/m1/s1. The molecule has 0 radical (unpaired) electrons. The average Bonchev–Trinajstić information content (AvgIpc) is 2.65. The molecular formula is C13H15FN2O3. The molecule has 1 heterocycles. The summed E-state index contributed by atoms with van der Waals surface area (Å²) >= 11 is 0. The van der Waals surface area contributed by atoms with E-state index in [9.17, 15) is 14.0 Å². The molecule has 0 aliphatic carbocycles. The lowest BCUT2D eigenvalue weighted by atomic mass is 9.87. The van der Waals surface area contributed by atoms with Gasteiger partial charge in [0.2, 0.25) is 0 Å². The molecule has 3 amide bonds. The molecule has 1 fully saturated rings. The molecule has 6 heteroatoms. The first-order chi connectivity index (χ1) is 9.05. The van der Waals surface area contributed by atoms with Gasteiger partial charge in [-0.05, 0) is 24.1 Å². The second-order valence-electron chi connectivity index (χ2n) is 4.38. The summed E-state index contributed by atoms with van der Waals surface area (Å²) in [7, 11) is 0. The van der Waals surface area contributed by atoms with Gasteiger partial charge in [-0.1, -0.05) is 19.1 Å². The molecule has 0 aromatic heterocycles. The Bertz CT molecular complexity index is 503. The molecule has 1 saturated heterocycles. The Balaban J connectivity index is 2.41. The summed E-state index contributed by atoms with van der Waals surface area (Å²) in [5, 5.41) is 11.5. The van der Waals surface area contributed by atoms with Crippen LogP contribution in [0.2, 0.25) is 0 Å². The number of halogens is 1. The number of nitrogens with zero attached hydrogens (tertiary/aromatic N) is 1. The van der Waals surface area contributed by atoms with Crippen molar-refractivity contribution in [3.05, 3.63) is 35.6 Å². The maximum Gasteiger partial charge on any atom is 0.325 e. The topological polar surface area (TPSA) is 69.6 Å². The van der Waals surface area contributed by atoms with Crippen molar-refractivity contribution in [3.8, 4) is 0 Å². The van der Waals surface area contributed by atoms with E-state index in [0.29, 0.717) is 12.0 Å². The lowest BCUT2D eigenvalue weighted by molar-refractivity contribution is -0.132. The van der Waals surface area contributed by atoms with E-state index in [1.807, 2.05) is 0 Å². The number of aliphatic hydroxyl groups is 1. The number of rotatable bonds is 4. The highest BCUT2D eigenvalue weighted by Gasteiger charge is 2.50. The van der Waals surface area contributed by atoms with E-state index in [4.69, 9.17) is 5.11 Å². The summed E-state index contributed by atoms with van der Waals surface area (Å²) in [5.74, 6) is -0.820. The Labute approximate surface area is 110 Å². The number of urea groups is 1. The van der Waals surface area contributed by atoms with E-state index in [-0.39, 0.29) is 13.2 Å². The summed E-state index contributed by atoms with van der Waals surface area (Å²) < 4.78 is 13.0. The Morgan fingerprint density at radius 1 is 1.32 bits per heavy atom. The van der Waals surface area contributed by atoms with Gasteiger partial charge in [0.1, 0.15) is 11.4 Å². The van der Waals surface area contributed by atoms with Crippen LogP contribution in [0.3, 0.4) is 0 Å². The molecule has 19 heavy (non-hydrogen) atoms. The first kappa shape index (κ1) is 13.5. The average molecular weight is 266 g/mol. The predicted molar refractivity (Wildman–Crippen MR) is 65.7 cm³/mol. The van der Waals surface area contributed by atoms with Gasteiger partial charge in [0, 0.05) is 0 Å². The fraction of sp³-hybridized carbons (Fsp3) is 0.385. The maximum atomic E-state index is 13.0. The Morgan fingerprint density at radius 2 is 1.95 bits per heavy atom. The zero-order valence-corrected chi connectivity index (χ0v) is 10.5. The third kappa shape index (κ3) is 2.08. The molecule has 1 aromatic carbocycles. The smallest absolute Gasteiger partial charge is 0.325 e. The SMILES string of the molecule is CC[C@]1(c2ccc(F)cc2)NC(=O)N(CCO)C1=O. The molecule has 1 atom stereocenters. The number of carbonyl (C=O) groups is 2. The van der Waals surface area contributed by atoms with Gasteiger partial charge in [-0.25, -0.2) is 9.18 Å². The number of imide groups is 1. The van der Waals surface area contributed by atoms with Crippen LogP contribution in [0.4, 0.5) is 9.18 Å². The van der Waals surface area contributed by atoms with Gasteiger partial charge >= 0.3 is 6.03 Å². The maximum absolute atomic E-state index is 13.0. The van der Waals surface area contributed by atoms with Gasteiger partial charge in [0.05, 0.1) is 13.2 Å². The van der Waals surface area contributed by atoms with E-state index < -0.39 is 23.3 Å². The third-order valence-corrected chi connectivity index (χ3v) is 3.37. The molecule has 1 aromatic rings. The number of benzene rings is 1. The third-order valence-electron chi connectivity index (χ3n) is 3.37. The van der Waals surface area contributed by atoms with Crippen LogP contribution in [0.15, 0.2) is 24.3 Å². The molecule has 1 aliphatic rings. The van der Waals surface area contributed by atoms with Crippen LogP contribution in [-0.4, -0.2) is 35.1 Å². The fourth-order valence-corrected chi connectivity index (χ4v) is 2.30. The minimum absolute atomic E-state index is 0.0480. The van der Waals surface area contributed by atoms with E-state index in [1.54, 1.807) is 6.92 Å². The summed E-state index contributed by atoms with van der Waals surface area (Å²) in [6.45, 7) is 1.43. The zero-order chi connectivity index (χ0) is 14.0. The van der Waals surface area contributed by atoms with E-state index in [2.05, 4.69) is 5.32 Å². The van der Waals surface area contributed by atoms with Gasteiger partial charge < -0.3 is 10.4 Å². The zero-order valence-electron chi connectivity index (χ0n) is 10.5. The highest BCUT2D eigenvalue weighted by atomic mass is 19.1. The fourth-order valence-electron chi connectivity index (χ4n) is 2.30. The molecule has 0 spiro atoms. The van der Waals surface area contributed by atoms with Gasteiger partial charge in [-0.3, -0.25) is 9.69 Å². The van der Waals surface area contributed by atoms with Crippen LogP contribution in [-0.2, 0) is 10.3 Å². The van der Waals surface area contributed by atoms with Crippen LogP contribution >= 0.6 is 0 Å². The summed E-state index contributed by atoms with van der Waals surface area (Å²) in [6, 6.07) is 4.94. The van der Waals surface area contributed by atoms with Crippen LogP contribution in [0, 0.1) is 5.82 Å². The van der Waals surface area contributed by atoms with Crippen molar-refractivity contribution in [3.63, 3.8) is 0 Å². The number of aliphatic hydroxyl groups excluding tert-OH is 1. The molecule has 1 aliphatic heterocycles. The van der Waals surface area contributed by atoms with Crippen molar-refractivity contribution < 1.29 is 19.1 Å². The van der Waals surface area contributed by atoms with Crippen molar-refractivity contribution in [2.45, 2.75) is 18.9 Å². The number of carbonyl (C=O) groups excluding carboxylic acids is 2. The molecule has 102 valence electrons. The summed E-state index contributed by atoms with van der Waals surface area (Å²) in [4.78, 5) is 25.2. The number of hydrogen-bond acceptors (Lipinski definition) is 3. The van der Waals surface area contributed by atoms with Gasteiger partial charge in [-0.15, -0.1) is 0 Å². The Hall–Kier alpha value is -1.95. The highest BCUT2D eigenvalue weighted by molar-refractivity contribution is 6.07. The number of amides is 3. The largest absolute Gasteiger partial charge is 0.395 e. The van der Waals surface area contributed by atoms with E-state index in [0.717, 1.165) is 4.90 Å². The highest BCUT2D eigenvalue weighted by Crippen LogP contribution is 2.32. The van der Waals surface area contributed by atoms with Crippen LogP contribution < -0.4 is 5.32 Å². The van der Waals surface area contributed by atoms with Gasteiger partial charge in [-0.2, -0.15) is 0 Å². The quantitative estimate of drug-likeness (QED) is 0.798. The molecule has 0 unspecified atom stereocenters. The molecular weight excluding hydrogens is 251 g/mol. The van der Waals surface area contributed by atoms with E-state index >= 15 is 0 Å². The van der Waals surface area contributed by atoms with Crippen LogP contribution in [0.25, 0.3) is 0 Å². The lowest BCUT2D eigenvalue weighted by Crippen LogP contribution is -2.43. The molecule has 5 nitrogen and oxygen atoms in total. The molecule has 0 bridgehead atoms. The second kappa shape index (κ2) is 4.97. The molecule has 2 N–H and O–H groups in total. The number of β-amino-alcohol motifs (C(OH)–C–C–N with tert-alkyl or cyclic N) is 1. The Morgan fingerprint density at radius 3 is 2.47 bits per heavy atom. The summed E-state index contributed by atoms with van der Waals surface area (Å²) in [6.07, 6.45) is 0.352. The van der Waals surface area contributed by atoms with Crippen LogP contribution in [0.1, 0.15) is 18.9 Å². The van der Waals surface area contributed by atoms with Crippen molar-refractivity contribution in [1.82, 2.24) is 10.2 Å². The number of hydrogen-bond donors (Lipinski definition) is 2. The van der Waals surface area contributed by atoms with Crippen molar-refractivity contribution in [2.75, 3.05) is 13.2 Å². The van der Waals surface area contributed by atoms with Gasteiger partial charge in [0.25, 0.3) is 5.91 Å². The van der Waals surface area contributed by atoms with Crippen molar-refractivity contribution in [2.24, 2.45) is 0 Å². The monoisotopic (exact) mass is 266 g/mol. The first-order valence-corrected chi connectivity index (χ1v) is 6.06. The number of nitrogens with one attached hydrogen (secondary N) is 1. The molecule has 2 rings (SSSR count). The summed E-state index contributed by atoms with van der Waals surface area (Å²) in [5.41, 5.74) is -0.630. The predicted octanol–water partition coefficient (Wildman–Crippen LogP) is 0.975. The van der Waals surface area contributed by atoms with Crippen molar-refractivity contribution >= 4 is 11.9 Å². The van der Waals surface area contributed by atoms with Crippen LogP contribution in [0.5, 0.6) is 0 Å². The van der Waals surface area contributed by atoms with E-state index in [1.165, 1.54) is 24.3 Å². The minimum Gasteiger partial charge on any atom is -0.395 e. The Kier molecular flexibility index (Phi) is 3.53. The minimum atomic E-state index is -1.17. The van der Waals surface area contributed by atoms with Gasteiger partial charge in [0.15, 0.2) is 0 Å². The first-order valence-electron chi connectivity index (χ1n) is 6.06. The second-order valence-corrected chi connectivity index (χ2v) is 4.38. The van der Waals surface area contributed by atoms with Crippen molar-refractivity contribution in [1.29, 1.82) is 0 Å².